The van der Waals surface area contributed by atoms with Crippen molar-refractivity contribution in [3.63, 3.8) is 0 Å². The fourth-order valence-corrected chi connectivity index (χ4v) is 2.13. The standard InChI is InChI=1S/C17H21NO5/c1-4-22-16(19)14-11-15(23-18-14)17(2,20)10-9-12-5-7-13(21-3)8-6-12/h5-8,11,20H,4,9-10H2,1-3H3/t17-/m0/s1. The van der Waals surface area contributed by atoms with E-state index in [1.54, 1.807) is 21.0 Å². The number of aromatic nitrogens is 1. The van der Waals surface area contributed by atoms with Gasteiger partial charge in [-0.25, -0.2) is 4.79 Å². The lowest BCUT2D eigenvalue weighted by Gasteiger charge is -2.19. The minimum absolute atomic E-state index is 0.0616. The molecular weight excluding hydrogens is 298 g/mol. The highest BCUT2D eigenvalue weighted by Gasteiger charge is 2.29. The SMILES string of the molecule is CCOC(=O)c1cc([C@@](C)(O)CCc2ccc(OC)cc2)on1. The quantitative estimate of drug-likeness (QED) is 0.790. The zero-order valence-corrected chi connectivity index (χ0v) is 13.5. The highest BCUT2D eigenvalue weighted by Crippen LogP contribution is 2.27. The molecule has 1 aromatic heterocycles. The second-order valence-corrected chi connectivity index (χ2v) is 5.42. The van der Waals surface area contributed by atoms with Gasteiger partial charge >= 0.3 is 5.97 Å². The fourth-order valence-electron chi connectivity index (χ4n) is 2.13. The van der Waals surface area contributed by atoms with E-state index in [1.165, 1.54) is 6.07 Å². The van der Waals surface area contributed by atoms with E-state index in [1.807, 2.05) is 24.3 Å². The average Bonchev–Trinajstić information content (AvgIpc) is 3.05. The molecule has 23 heavy (non-hydrogen) atoms. The van der Waals surface area contributed by atoms with Crippen LogP contribution in [0.25, 0.3) is 0 Å². The van der Waals surface area contributed by atoms with E-state index in [-0.39, 0.29) is 18.1 Å². The van der Waals surface area contributed by atoms with Crippen molar-refractivity contribution in [3.05, 3.63) is 47.3 Å². The van der Waals surface area contributed by atoms with Crippen LogP contribution in [-0.4, -0.2) is 29.9 Å². The molecule has 1 aromatic carbocycles. The number of carbonyl (C=O) groups excluding carboxylic acids is 1. The summed E-state index contributed by atoms with van der Waals surface area (Å²) < 4.78 is 15.1. The fraction of sp³-hybridized carbons (Fsp3) is 0.412. The van der Waals surface area contributed by atoms with Gasteiger partial charge in [0.1, 0.15) is 11.4 Å². The molecule has 0 radical (unpaired) electrons. The van der Waals surface area contributed by atoms with Gasteiger partial charge in [-0.3, -0.25) is 0 Å². The van der Waals surface area contributed by atoms with Crippen molar-refractivity contribution < 1.29 is 23.9 Å². The third kappa shape index (κ3) is 4.32. The molecule has 0 saturated heterocycles. The Hall–Kier alpha value is -2.34. The summed E-state index contributed by atoms with van der Waals surface area (Å²) in [7, 11) is 1.62. The first kappa shape index (κ1) is 17.0. The molecule has 1 heterocycles. The number of ether oxygens (including phenoxy) is 2. The summed E-state index contributed by atoms with van der Waals surface area (Å²) in [5.74, 6) is 0.470. The minimum Gasteiger partial charge on any atom is -0.497 e. The second-order valence-electron chi connectivity index (χ2n) is 5.42. The average molecular weight is 319 g/mol. The van der Waals surface area contributed by atoms with Crippen LogP contribution in [0.15, 0.2) is 34.9 Å². The molecule has 0 bridgehead atoms. The van der Waals surface area contributed by atoms with Crippen molar-refractivity contribution in [2.24, 2.45) is 0 Å². The summed E-state index contributed by atoms with van der Waals surface area (Å²) in [6, 6.07) is 9.05. The molecule has 1 atom stereocenters. The van der Waals surface area contributed by atoms with Crippen molar-refractivity contribution in [1.82, 2.24) is 5.16 Å². The molecular formula is C17H21NO5. The van der Waals surface area contributed by atoms with Gasteiger partial charge in [0.15, 0.2) is 11.5 Å². The van der Waals surface area contributed by atoms with E-state index < -0.39 is 11.6 Å². The molecule has 0 aliphatic heterocycles. The molecule has 0 unspecified atom stereocenters. The Kier molecular flexibility index (Phi) is 5.39. The van der Waals surface area contributed by atoms with Crippen molar-refractivity contribution >= 4 is 5.97 Å². The number of benzene rings is 1. The smallest absolute Gasteiger partial charge is 0.360 e. The predicted molar refractivity (Wildman–Crippen MR) is 83.3 cm³/mol. The van der Waals surface area contributed by atoms with E-state index in [4.69, 9.17) is 14.0 Å². The first-order valence-corrected chi connectivity index (χ1v) is 7.46. The molecule has 1 N–H and O–H groups in total. The molecule has 2 aromatic rings. The summed E-state index contributed by atoms with van der Waals surface area (Å²) in [6.45, 7) is 3.60. The van der Waals surface area contributed by atoms with Gasteiger partial charge in [0.25, 0.3) is 0 Å². The molecule has 6 heteroatoms. The number of nitrogens with zero attached hydrogens (tertiary/aromatic N) is 1. The second kappa shape index (κ2) is 7.28. The number of methoxy groups -OCH3 is 1. The Bertz CT molecular complexity index is 645. The van der Waals surface area contributed by atoms with Gasteiger partial charge in [-0.05, 0) is 44.4 Å². The maximum absolute atomic E-state index is 11.6. The van der Waals surface area contributed by atoms with Gasteiger partial charge in [-0.15, -0.1) is 0 Å². The molecule has 0 aliphatic carbocycles. The Labute approximate surface area is 135 Å². The van der Waals surface area contributed by atoms with E-state index >= 15 is 0 Å². The number of carbonyl (C=O) groups is 1. The van der Waals surface area contributed by atoms with Crippen LogP contribution in [0, 0.1) is 0 Å². The first-order chi connectivity index (χ1) is 11.0. The summed E-state index contributed by atoms with van der Waals surface area (Å²) in [6.07, 6.45) is 1.07. The third-order valence-electron chi connectivity index (χ3n) is 3.59. The van der Waals surface area contributed by atoms with Crippen LogP contribution in [0.2, 0.25) is 0 Å². The largest absolute Gasteiger partial charge is 0.497 e. The Balaban J connectivity index is 2.01. The molecule has 0 saturated carbocycles. The normalized spacial score (nSPS) is 13.4. The number of aliphatic hydroxyl groups is 1. The van der Waals surface area contributed by atoms with E-state index in [0.717, 1.165) is 11.3 Å². The van der Waals surface area contributed by atoms with Crippen LogP contribution in [-0.2, 0) is 16.8 Å². The van der Waals surface area contributed by atoms with Crippen LogP contribution >= 0.6 is 0 Å². The number of hydrogen-bond donors (Lipinski definition) is 1. The molecule has 2 rings (SSSR count). The lowest BCUT2D eigenvalue weighted by molar-refractivity contribution is 0.0197. The molecule has 0 aliphatic rings. The predicted octanol–water partition coefficient (Wildman–Crippen LogP) is 2.70. The van der Waals surface area contributed by atoms with Crippen LogP contribution < -0.4 is 4.74 Å². The van der Waals surface area contributed by atoms with Gasteiger partial charge in [0.2, 0.25) is 0 Å². The Morgan fingerprint density at radius 2 is 2.04 bits per heavy atom. The lowest BCUT2D eigenvalue weighted by Crippen LogP contribution is -2.21. The van der Waals surface area contributed by atoms with Gasteiger partial charge in [-0.2, -0.15) is 0 Å². The van der Waals surface area contributed by atoms with Gasteiger partial charge in [-0.1, -0.05) is 17.3 Å². The minimum atomic E-state index is -1.22. The van der Waals surface area contributed by atoms with Gasteiger partial charge in [0, 0.05) is 6.07 Å². The highest BCUT2D eigenvalue weighted by molar-refractivity contribution is 5.87. The molecule has 0 spiro atoms. The highest BCUT2D eigenvalue weighted by atomic mass is 16.5. The maximum atomic E-state index is 11.6. The topological polar surface area (TPSA) is 81.8 Å². The molecule has 6 nitrogen and oxygen atoms in total. The van der Waals surface area contributed by atoms with Crippen LogP contribution in [0.1, 0.15) is 42.1 Å². The van der Waals surface area contributed by atoms with Gasteiger partial charge in [0.05, 0.1) is 13.7 Å². The lowest BCUT2D eigenvalue weighted by atomic mass is 9.94. The Morgan fingerprint density at radius 1 is 1.35 bits per heavy atom. The van der Waals surface area contributed by atoms with Gasteiger partial charge < -0.3 is 19.1 Å². The van der Waals surface area contributed by atoms with Crippen molar-refractivity contribution in [2.45, 2.75) is 32.3 Å². The van der Waals surface area contributed by atoms with Crippen molar-refractivity contribution in [2.75, 3.05) is 13.7 Å². The van der Waals surface area contributed by atoms with Crippen LogP contribution in [0.5, 0.6) is 5.75 Å². The van der Waals surface area contributed by atoms with E-state index in [9.17, 15) is 9.90 Å². The molecule has 0 amide bonds. The maximum Gasteiger partial charge on any atom is 0.360 e. The number of aryl methyl sites for hydroxylation is 1. The zero-order chi connectivity index (χ0) is 16.9. The summed E-state index contributed by atoms with van der Waals surface area (Å²) >= 11 is 0. The Morgan fingerprint density at radius 3 is 2.65 bits per heavy atom. The van der Waals surface area contributed by atoms with Crippen LogP contribution in [0.3, 0.4) is 0 Å². The van der Waals surface area contributed by atoms with Crippen molar-refractivity contribution in [3.8, 4) is 5.75 Å². The van der Waals surface area contributed by atoms with Crippen molar-refractivity contribution in [1.29, 1.82) is 0 Å². The molecule has 0 fully saturated rings. The molecule has 124 valence electrons. The summed E-state index contributed by atoms with van der Waals surface area (Å²) in [5.41, 5.74) is -0.0970. The van der Waals surface area contributed by atoms with Crippen LogP contribution in [0.4, 0.5) is 0 Å². The first-order valence-electron chi connectivity index (χ1n) is 7.46. The number of rotatable bonds is 7. The zero-order valence-electron chi connectivity index (χ0n) is 13.5. The summed E-state index contributed by atoms with van der Waals surface area (Å²) in [4.78, 5) is 11.6. The number of hydrogen-bond acceptors (Lipinski definition) is 6. The van der Waals surface area contributed by atoms with E-state index in [0.29, 0.717) is 12.8 Å². The summed E-state index contributed by atoms with van der Waals surface area (Å²) in [5, 5.41) is 14.2. The number of esters is 1. The monoisotopic (exact) mass is 319 g/mol. The third-order valence-corrected chi connectivity index (χ3v) is 3.59. The van der Waals surface area contributed by atoms with E-state index in [2.05, 4.69) is 5.16 Å².